The maximum atomic E-state index is 13.3. The molecule has 4 aromatic rings. The van der Waals surface area contributed by atoms with Gasteiger partial charge < -0.3 is 30.6 Å². The fraction of sp³-hybridized carbons (Fsp3) is 0.412. The number of nitrogens with one attached hydrogen (secondary N) is 3. The van der Waals surface area contributed by atoms with Crippen molar-refractivity contribution in [3.05, 3.63) is 53.3 Å². The summed E-state index contributed by atoms with van der Waals surface area (Å²) in [5.74, 6) is 0.143. The first-order chi connectivity index (χ1) is 23.2. The van der Waals surface area contributed by atoms with Crippen molar-refractivity contribution < 1.29 is 19.1 Å². The number of hydrogen-bond acceptors (Lipinski definition) is 11. The Morgan fingerprint density at radius 3 is 2.67 bits per heavy atom. The van der Waals surface area contributed by atoms with Gasteiger partial charge in [0.15, 0.2) is 5.65 Å². The van der Waals surface area contributed by atoms with Gasteiger partial charge in [0, 0.05) is 73.1 Å². The normalized spacial score (nSPS) is 20.6. The van der Waals surface area contributed by atoms with E-state index in [1.165, 1.54) is 0 Å². The molecular formula is C34H38N10O4. The van der Waals surface area contributed by atoms with Gasteiger partial charge in [0.2, 0.25) is 17.8 Å². The second-order valence-electron chi connectivity index (χ2n) is 13.4. The topological polar surface area (TPSA) is 175 Å². The number of ether oxygens (including phenoxy) is 1. The molecule has 14 heteroatoms. The van der Waals surface area contributed by atoms with E-state index in [1.807, 2.05) is 25.2 Å². The van der Waals surface area contributed by atoms with Gasteiger partial charge in [-0.1, -0.05) is 6.07 Å². The molecule has 48 heavy (non-hydrogen) atoms. The van der Waals surface area contributed by atoms with Crippen molar-refractivity contribution in [2.75, 3.05) is 56.3 Å². The highest BCUT2D eigenvalue weighted by Crippen LogP contribution is 2.44. The summed E-state index contributed by atoms with van der Waals surface area (Å²) in [5.41, 5.74) is 13.7. The van der Waals surface area contributed by atoms with Crippen LogP contribution in [-0.4, -0.2) is 93.8 Å². The van der Waals surface area contributed by atoms with Gasteiger partial charge in [-0.05, 0) is 62.2 Å². The summed E-state index contributed by atoms with van der Waals surface area (Å²) < 4.78 is 5.91. The lowest BCUT2D eigenvalue weighted by molar-refractivity contribution is -0.136. The molecule has 0 aliphatic carbocycles. The minimum Gasteiger partial charge on any atom is -0.496 e. The van der Waals surface area contributed by atoms with Crippen molar-refractivity contribution in [1.82, 2.24) is 35.1 Å². The van der Waals surface area contributed by atoms with Crippen LogP contribution < -0.4 is 26.0 Å². The summed E-state index contributed by atoms with van der Waals surface area (Å²) in [6.45, 7) is 5.00. The lowest BCUT2D eigenvalue weighted by Crippen LogP contribution is -2.60. The number of carbonyl (C=O) groups excluding carboxylic acids is 3. The van der Waals surface area contributed by atoms with Gasteiger partial charge in [-0.3, -0.25) is 24.6 Å². The lowest BCUT2D eigenvalue weighted by Gasteiger charge is -2.55. The first kappa shape index (κ1) is 30.1. The number of amides is 3. The van der Waals surface area contributed by atoms with Gasteiger partial charge in [-0.25, -0.2) is 9.97 Å². The molecule has 2 aromatic heterocycles. The highest BCUT2D eigenvalue weighted by atomic mass is 16.5. The molecule has 4 aliphatic heterocycles. The van der Waals surface area contributed by atoms with Crippen LogP contribution in [0.2, 0.25) is 0 Å². The van der Waals surface area contributed by atoms with E-state index >= 15 is 0 Å². The van der Waals surface area contributed by atoms with Crippen LogP contribution >= 0.6 is 0 Å². The third-order valence-corrected chi connectivity index (χ3v) is 10.5. The van der Waals surface area contributed by atoms with Crippen LogP contribution in [0, 0.1) is 5.41 Å². The van der Waals surface area contributed by atoms with Crippen molar-refractivity contribution in [3.8, 4) is 17.0 Å². The molecule has 3 amide bonds. The van der Waals surface area contributed by atoms with Crippen LogP contribution in [-0.2, 0) is 22.7 Å². The number of hydrogen-bond donors (Lipinski definition) is 4. The number of likely N-dealkylation sites (tertiary alicyclic amines) is 1. The number of rotatable bonds is 7. The number of aromatic nitrogens is 4. The number of methoxy groups -OCH3 is 1. The molecule has 248 valence electrons. The Balaban J connectivity index is 0.918. The number of carbonyl (C=O) groups is 3. The Labute approximate surface area is 277 Å². The number of nitrogen functional groups attached to an aromatic ring is 1. The Kier molecular flexibility index (Phi) is 7.20. The van der Waals surface area contributed by atoms with Gasteiger partial charge in [0.25, 0.3) is 5.91 Å². The highest BCUT2D eigenvalue weighted by molar-refractivity contribution is 6.05. The predicted octanol–water partition coefficient (Wildman–Crippen LogP) is 2.52. The van der Waals surface area contributed by atoms with Crippen LogP contribution in [0.5, 0.6) is 5.75 Å². The van der Waals surface area contributed by atoms with Crippen LogP contribution in [0.1, 0.15) is 47.2 Å². The average molecular weight is 651 g/mol. The molecule has 0 radical (unpaired) electrons. The number of benzene rings is 2. The van der Waals surface area contributed by atoms with E-state index in [2.05, 4.69) is 52.5 Å². The van der Waals surface area contributed by atoms with Crippen molar-refractivity contribution in [1.29, 1.82) is 0 Å². The fourth-order valence-corrected chi connectivity index (χ4v) is 7.82. The molecule has 0 bridgehead atoms. The Bertz CT molecular complexity index is 1930. The molecule has 8 rings (SSSR count). The molecule has 2 aromatic carbocycles. The molecule has 4 aliphatic rings. The third kappa shape index (κ3) is 5.07. The van der Waals surface area contributed by atoms with E-state index in [0.717, 1.165) is 84.9 Å². The first-order valence-electron chi connectivity index (χ1n) is 16.3. The zero-order valence-corrected chi connectivity index (χ0v) is 27.0. The average Bonchev–Trinajstić information content (AvgIpc) is 3.67. The van der Waals surface area contributed by atoms with Crippen LogP contribution in [0.15, 0.2) is 36.7 Å². The zero-order valence-electron chi connectivity index (χ0n) is 27.0. The summed E-state index contributed by atoms with van der Waals surface area (Å²) in [4.78, 5) is 59.9. The molecule has 5 N–H and O–H groups in total. The van der Waals surface area contributed by atoms with Gasteiger partial charge in [-0.2, -0.15) is 4.98 Å². The maximum absolute atomic E-state index is 13.3. The fourth-order valence-electron chi connectivity index (χ4n) is 7.82. The molecule has 1 unspecified atom stereocenters. The highest BCUT2D eigenvalue weighted by Gasteiger charge is 2.46. The van der Waals surface area contributed by atoms with Gasteiger partial charge in [-0.15, -0.1) is 0 Å². The van der Waals surface area contributed by atoms with Gasteiger partial charge in [0.1, 0.15) is 23.0 Å². The number of H-pyrrole nitrogens is 1. The quantitative estimate of drug-likeness (QED) is 0.216. The smallest absolute Gasteiger partial charge is 0.255 e. The summed E-state index contributed by atoms with van der Waals surface area (Å²) in [5, 5.41) is 5.73. The first-order valence-corrected chi connectivity index (χ1v) is 16.3. The van der Waals surface area contributed by atoms with Crippen molar-refractivity contribution in [3.63, 3.8) is 0 Å². The molecule has 1 atom stereocenters. The molecule has 1 spiro atoms. The van der Waals surface area contributed by atoms with E-state index < -0.39 is 6.04 Å². The standard InChI is InChI=1S/C34H38N10O4/c1-36-24-11-20(28-29-30(38-18-37-29)41-33(35)40-28)12-26(48-2)23(24)15-42-9-7-34(8-10-42)16-43(17-34)21-4-3-19-14-44(32(47)22(19)13-21)25-5-6-27(45)39-31(25)46/h3-4,11-13,18,25,36H,5-10,14-17H2,1-2H3,(H,39,45,46)(H3,35,37,38,40,41). The van der Waals surface area contributed by atoms with Gasteiger partial charge in [0.05, 0.1) is 13.4 Å². The van der Waals surface area contributed by atoms with Crippen LogP contribution in [0.3, 0.4) is 0 Å². The van der Waals surface area contributed by atoms with E-state index in [1.54, 1.807) is 18.3 Å². The molecule has 3 fully saturated rings. The zero-order chi connectivity index (χ0) is 33.2. The number of anilines is 3. The van der Waals surface area contributed by atoms with Crippen LogP contribution in [0.25, 0.3) is 22.4 Å². The minimum atomic E-state index is -0.601. The SMILES string of the molecule is CNc1cc(-c2nc(N)nc3nc[nH]c23)cc(OC)c1CN1CCC2(CC1)CN(c1ccc3c(c1)C(=O)N(C1CCC(=O)NC1=O)C3)C2. The number of nitrogens with zero attached hydrogens (tertiary/aromatic N) is 6. The molecule has 14 nitrogen and oxygen atoms in total. The minimum absolute atomic E-state index is 0.134. The number of piperidine rings is 2. The number of imidazole rings is 1. The van der Waals surface area contributed by atoms with Crippen LogP contribution in [0.4, 0.5) is 17.3 Å². The summed E-state index contributed by atoms with van der Waals surface area (Å²) in [7, 11) is 3.60. The molecule has 0 saturated carbocycles. The van der Waals surface area contributed by atoms with Crippen molar-refractivity contribution in [2.45, 2.75) is 44.8 Å². The largest absolute Gasteiger partial charge is 0.496 e. The third-order valence-electron chi connectivity index (χ3n) is 10.5. The van der Waals surface area contributed by atoms with E-state index in [4.69, 9.17) is 10.5 Å². The summed E-state index contributed by atoms with van der Waals surface area (Å²) in [6, 6.07) is 9.55. The Hall–Kier alpha value is -5.24. The number of aromatic amines is 1. The lowest BCUT2D eigenvalue weighted by atomic mass is 9.71. The second kappa shape index (κ2) is 11.5. The van der Waals surface area contributed by atoms with E-state index in [-0.39, 0.29) is 35.5 Å². The number of nitrogens with two attached hydrogens (primary N) is 1. The monoisotopic (exact) mass is 650 g/mol. The Morgan fingerprint density at radius 2 is 1.92 bits per heavy atom. The molecular weight excluding hydrogens is 612 g/mol. The Morgan fingerprint density at radius 1 is 1.10 bits per heavy atom. The summed E-state index contributed by atoms with van der Waals surface area (Å²) >= 11 is 0. The van der Waals surface area contributed by atoms with Crippen molar-refractivity contribution in [2.24, 2.45) is 5.41 Å². The molecule has 3 saturated heterocycles. The predicted molar refractivity (Wildman–Crippen MR) is 179 cm³/mol. The maximum Gasteiger partial charge on any atom is 0.255 e. The molecule has 6 heterocycles. The summed E-state index contributed by atoms with van der Waals surface area (Å²) in [6.07, 6.45) is 4.38. The van der Waals surface area contributed by atoms with Gasteiger partial charge >= 0.3 is 0 Å². The second-order valence-corrected chi connectivity index (χ2v) is 13.4. The number of fused-ring (bicyclic) bond motifs is 2. The van der Waals surface area contributed by atoms with Crippen molar-refractivity contribution >= 4 is 46.2 Å². The number of imide groups is 1. The van der Waals surface area contributed by atoms with E-state index in [9.17, 15) is 14.4 Å². The van der Waals surface area contributed by atoms with E-state index in [0.29, 0.717) is 29.9 Å².